The molecule has 0 aliphatic carbocycles. The third-order valence-electron chi connectivity index (χ3n) is 3.35. The number of nitrogens with one attached hydrogen (secondary N) is 1. The monoisotopic (exact) mass is 298 g/mol. The average molecular weight is 299 g/mol. The molecule has 0 heterocycles. The first-order valence-corrected chi connectivity index (χ1v) is 7.63. The standard InChI is InChI=1S/C15H23ClN2O2/c1-3-6-12(17-11-4-2)9-10-13-14(16)7-5-8-15(13)18(19)20/h5,7-8,12,17H,3-4,6,9-11H2,1-2H3. The lowest BCUT2D eigenvalue weighted by Crippen LogP contribution is -2.30. The summed E-state index contributed by atoms with van der Waals surface area (Å²) in [5.74, 6) is 0. The maximum absolute atomic E-state index is 11.0. The van der Waals surface area contributed by atoms with Gasteiger partial charge in [-0.15, -0.1) is 0 Å². The van der Waals surface area contributed by atoms with Gasteiger partial charge >= 0.3 is 0 Å². The zero-order chi connectivity index (χ0) is 15.0. The molecule has 1 N–H and O–H groups in total. The molecule has 112 valence electrons. The molecule has 1 rings (SSSR count). The predicted octanol–water partition coefficient (Wildman–Crippen LogP) is 4.35. The van der Waals surface area contributed by atoms with Crippen LogP contribution in [0.5, 0.6) is 0 Å². The van der Waals surface area contributed by atoms with Crippen LogP contribution in [0, 0.1) is 10.1 Å². The van der Waals surface area contributed by atoms with E-state index in [0.717, 1.165) is 32.2 Å². The topological polar surface area (TPSA) is 55.2 Å². The van der Waals surface area contributed by atoms with Crippen molar-refractivity contribution in [1.82, 2.24) is 5.32 Å². The lowest BCUT2D eigenvalue weighted by Gasteiger charge is -2.18. The number of hydrogen-bond acceptors (Lipinski definition) is 3. The van der Waals surface area contributed by atoms with Crippen molar-refractivity contribution in [2.75, 3.05) is 6.54 Å². The highest BCUT2D eigenvalue weighted by atomic mass is 35.5. The lowest BCUT2D eigenvalue weighted by atomic mass is 10.0. The summed E-state index contributed by atoms with van der Waals surface area (Å²) in [6.45, 7) is 5.27. The maximum atomic E-state index is 11.0. The number of benzene rings is 1. The van der Waals surface area contributed by atoms with Gasteiger partial charge in [-0.25, -0.2) is 0 Å². The molecule has 0 spiro atoms. The molecule has 0 aromatic heterocycles. The van der Waals surface area contributed by atoms with Gasteiger partial charge in [0.05, 0.1) is 9.95 Å². The summed E-state index contributed by atoms with van der Waals surface area (Å²) >= 11 is 6.11. The van der Waals surface area contributed by atoms with Crippen LogP contribution in [0.2, 0.25) is 5.02 Å². The average Bonchev–Trinajstić information content (AvgIpc) is 2.42. The third kappa shape index (κ3) is 5.10. The first kappa shape index (κ1) is 16.9. The Morgan fingerprint density at radius 1 is 1.30 bits per heavy atom. The van der Waals surface area contributed by atoms with E-state index in [1.165, 1.54) is 6.07 Å². The zero-order valence-corrected chi connectivity index (χ0v) is 12.9. The summed E-state index contributed by atoms with van der Waals surface area (Å²) < 4.78 is 0. The fourth-order valence-corrected chi connectivity index (χ4v) is 2.59. The molecule has 0 radical (unpaired) electrons. The van der Waals surface area contributed by atoms with Gasteiger partial charge in [0.15, 0.2) is 0 Å². The minimum Gasteiger partial charge on any atom is -0.314 e. The Hall–Kier alpha value is -1.13. The highest BCUT2D eigenvalue weighted by molar-refractivity contribution is 6.31. The number of nitrogens with zero attached hydrogens (tertiary/aromatic N) is 1. The summed E-state index contributed by atoms with van der Waals surface area (Å²) in [5, 5.41) is 15.0. The molecular formula is C15H23ClN2O2. The zero-order valence-electron chi connectivity index (χ0n) is 12.2. The van der Waals surface area contributed by atoms with E-state index in [2.05, 4.69) is 19.2 Å². The van der Waals surface area contributed by atoms with E-state index < -0.39 is 0 Å². The van der Waals surface area contributed by atoms with Crippen LogP contribution >= 0.6 is 11.6 Å². The van der Waals surface area contributed by atoms with Crippen LogP contribution in [0.3, 0.4) is 0 Å². The fourth-order valence-electron chi connectivity index (χ4n) is 2.33. The highest BCUT2D eigenvalue weighted by Crippen LogP contribution is 2.28. The van der Waals surface area contributed by atoms with Crippen molar-refractivity contribution < 1.29 is 4.92 Å². The van der Waals surface area contributed by atoms with Crippen molar-refractivity contribution in [1.29, 1.82) is 0 Å². The fraction of sp³-hybridized carbons (Fsp3) is 0.600. The molecule has 1 aromatic rings. The van der Waals surface area contributed by atoms with E-state index in [4.69, 9.17) is 11.6 Å². The van der Waals surface area contributed by atoms with Gasteiger partial charge in [0, 0.05) is 17.7 Å². The molecule has 0 amide bonds. The van der Waals surface area contributed by atoms with Gasteiger partial charge in [0.1, 0.15) is 0 Å². The van der Waals surface area contributed by atoms with Crippen molar-refractivity contribution in [3.05, 3.63) is 38.9 Å². The molecule has 1 aromatic carbocycles. The Bertz CT molecular complexity index is 438. The van der Waals surface area contributed by atoms with Crippen LogP contribution in [0.25, 0.3) is 0 Å². The predicted molar refractivity (Wildman–Crippen MR) is 83.4 cm³/mol. The number of hydrogen-bond donors (Lipinski definition) is 1. The largest absolute Gasteiger partial charge is 0.314 e. The molecule has 20 heavy (non-hydrogen) atoms. The van der Waals surface area contributed by atoms with Gasteiger partial charge in [-0.3, -0.25) is 10.1 Å². The first-order chi connectivity index (χ1) is 9.60. The molecule has 1 unspecified atom stereocenters. The molecule has 4 nitrogen and oxygen atoms in total. The second kappa shape index (κ2) is 8.93. The second-order valence-corrected chi connectivity index (χ2v) is 5.38. The van der Waals surface area contributed by atoms with Crippen LogP contribution in [0.15, 0.2) is 18.2 Å². The van der Waals surface area contributed by atoms with E-state index in [1.54, 1.807) is 12.1 Å². The number of rotatable bonds is 9. The quantitative estimate of drug-likeness (QED) is 0.545. The molecule has 5 heteroatoms. The van der Waals surface area contributed by atoms with Crippen LogP contribution in [-0.4, -0.2) is 17.5 Å². The van der Waals surface area contributed by atoms with Crippen LogP contribution in [0.4, 0.5) is 5.69 Å². The Kier molecular flexibility index (Phi) is 7.55. The van der Waals surface area contributed by atoms with Crippen molar-refractivity contribution in [2.24, 2.45) is 0 Å². The highest BCUT2D eigenvalue weighted by Gasteiger charge is 2.17. The first-order valence-electron chi connectivity index (χ1n) is 7.25. The van der Waals surface area contributed by atoms with Gasteiger partial charge in [-0.05, 0) is 38.3 Å². The van der Waals surface area contributed by atoms with E-state index in [-0.39, 0.29) is 10.6 Å². The van der Waals surface area contributed by atoms with Crippen LogP contribution in [0.1, 0.15) is 45.1 Å². The van der Waals surface area contributed by atoms with Crippen molar-refractivity contribution in [2.45, 2.75) is 52.0 Å². The lowest BCUT2D eigenvalue weighted by molar-refractivity contribution is -0.385. The summed E-state index contributed by atoms with van der Waals surface area (Å²) in [7, 11) is 0. The smallest absolute Gasteiger partial charge is 0.274 e. The van der Waals surface area contributed by atoms with Crippen LogP contribution < -0.4 is 5.32 Å². The molecule has 0 aliphatic rings. The van der Waals surface area contributed by atoms with Crippen LogP contribution in [-0.2, 0) is 6.42 Å². The molecule has 0 saturated heterocycles. The Morgan fingerprint density at radius 2 is 2.05 bits per heavy atom. The number of nitro groups is 1. The Balaban J connectivity index is 2.74. The Morgan fingerprint density at radius 3 is 2.65 bits per heavy atom. The van der Waals surface area contributed by atoms with E-state index in [1.807, 2.05) is 0 Å². The Labute approximate surface area is 125 Å². The molecule has 0 saturated carbocycles. The normalized spacial score (nSPS) is 12.3. The van der Waals surface area contributed by atoms with E-state index in [9.17, 15) is 10.1 Å². The molecule has 0 fully saturated rings. The molecule has 1 atom stereocenters. The summed E-state index contributed by atoms with van der Waals surface area (Å²) in [4.78, 5) is 10.7. The van der Waals surface area contributed by atoms with Gasteiger partial charge < -0.3 is 5.32 Å². The van der Waals surface area contributed by atoms with Crippen molar-refractivity contribution in [3.63, 3.8) is 0 Å². The molecule has 0 bridgehead atoms. The number of halogens is 1. The summed E-state index contributed by atoms with van der Waals surface area (Å²) in [6, 6.07) is 5.27. The van der Waals surface area contributed by atoms with Crippen molar-refractivity contribution >= 4 is 17.3 Å². The number of nitro benzene ring substituents is 1. The van der Waals surface area contributed by atoms with Gasteiger partial charge in [-0.1, -0.05) is 37.9 Å². The minimum absolute atomic E-state index is 0.128. The minimum atomic E-state index is -0.352. The second-order valence-electron chi connectivity index (χ2n) is 4.97. The van der Waals surface area contributed by atoms with E-state index in [0.29, 0.717) is 23.0 Å². The van der Waals surface area contributed by atoms with Gasteiger partial charge in [0.25, 0.3) is 5.69 Å². The van der Waals surface area contributed by atoms with Crippen molar-refractivity contribution in [3.8, 4) is 0 Å². The molecule has 0 aliphatic heterocycles. The van der Waals surface area contributed by atoms with Gasteiger partial charge in [0.2, 0.25) is 0 Å². The van der Waals surface area contributed by atoms with Gasteiger partial charge in [-0.2, -0.15) is 0 Å². The third-order valence-corrected chi connectivity index (χ3v) is 3.71. The SMILES string of the molecule is CCCNC(CCC)CCc1c(Cl)cccc1[N+](=O)[O-]. The summed E-state index contributed by atoms with van der Waals surface area (Å²) in [5.41, 5.74) is 0.779. The summed E-state index contributed by atoms with van der Waals surface area (Å²) in [6.07, 6.45) is 4.78. The maximum Gasteiger partial charge on any atom is 0.274 e. The van der Waals surface area contributed by atoms with E-state index >= 15 is 0 Å². The molecular weight excluding hydrogens is 276 g/mol.